The first kappa shape index (κ1) is 4.91. The van der Waals surface area contributed by atoms with Gasteiger partial charge in [0.1, 0.15) is 0 Å². The van der Waals surface area contributed by atoms with Gasteiger partial charge in [-0.3, -0.25) is 0 Å². The zero-order valence-electron chi connectivity index (χ0n) is 3.81. The van der Waals surface area contributed by atoms with Crippen molar-refractivity contribution in [2.45, 2.75) is 6.82 Å². The normalized spacial score (nSPS) is 22.5. The fraction of sp³-hybridized carbons (Fsp3) is 1.00. The van der Waals surface area contributed by atoms with Gasteiger partial charge >= 0.3 is 0 Å². The van der Waals surface area contributed by atoms with Crippen LogP contribution in [0.1, 0.15) is 0 Å². The SMILES string of the molecule is CB1SCCS1. The van der Waals surface area contributed by atoms with Gasteiger partial charge in [-0.2, -0.15) is 23.2 Å². The van der Waals surface area contributed by atoms with Gasteiger partial charge in [0.05, 0.1) is 0 Å². The summed E-state index contributed by atoms with van der Waals surface area (Å²) in [5, 5.41) is 0.880. The standard InChI is InChI=1S/C3H7BS2/c1-4-5-2-3-6-4/h2-3H2,1H3. The predicted molar refractivity (Wildman–Crippen MR) is 36.5 cm³/mol. The Hall–Kier alpha value is 0.765. The van der Waals surface area contributed by atoms with Crippen molar-refractivity contribution in [2.75, 3.05) is 11.5 Å². The van der Waals surface area contributed by atoms with Crippen LogP contribution in [0.2, 0.25) is 6.82 Å². The highest BCUT2D eigenvalue weighted by Crippen LogP contribution is 2.26. The van der Waals surface area contributed by atoms with Gasteiger partial charge in [-0.1, -0.05) is 6.82 Å². The van der Waals surface area contributed by atoms with Gasteiger partial charge in [-0.25, -0.2) is 0 Å². The lowest BCUT2D eigenvalue weighted by Gasteiger charge is -1.84. The fourth-order valence-electron chi connectivity index (χ4n) is 0.476. The summed E-state index contributed by atoms with van der Waals surface area (Å²) < 4.78 is 0. The predicted octanol–water partition coefficient (Wildman–Crippen LogP) is 1.58. The van der Waals surface area contributed by atoms with Crippen molar-refractivity contribution in [3.63, 3.8) is 0 Å². The molecular formula is C3H7BS2. The Balaban J connectivity index is 2.18. The third kappa shape index (κ3) is 1.12. The van der Waals surface area contributed by atoms with E-state index >= 15 is 0 Å². The van der Waals surface area contributed by atoms with Crippen molar-refractivity contribution in [1.29, 1.82) is 0 Å². The fourth-order valence-corrected chi connectivity index (χ4v) is 2.87. The van der Waals surface area contributed by atoms with Crippen LogP contribution in [0.5, 0.6) is 0 Å². The van der Waals surface area contributed by atoms with Gasteiger partial charge in [-0.15, -0.1) is 0 Å². The van der Waals surface area contributed by atoms with Crippen molar-refractivity contribution < 1.29 is 0 Å². The van der Waals surface area contributed by atoms with Crippen LogP contribution < -0.4 is 0 Å². The maximum Gasteiger partial charge on any atom is 0.270 e. The zero-order valence-corrected chi connectivity index (χ0v) is 5.44. The van der Waals surface area contributed by atoms with Crippen LogP contribution in [0.4, 0.5) is 0 Å². The molecule has 0 unspecified atom stereocenters. The van der Waals surface area contributed by atoms with Crippen molar-refractivity contribution >= 4 is 28.5 Å². The van der Waals surface area contributed by atoms with Gasteiger partial charge in [0.15, 0.2) is 0 Å². The van der Waals surface area contributed by atoms with E-state index in [0.717, 1.165) is 5.27 Å². The van der Waals surface area contributed by atoms with E-state index in [9.17, 15) is 0 Å². The molecule has 1 saturated heterocycles. The number of hydrogen-bond donors (Lipinski definition) is 0. The summed E-state index contributed by atoms with van der Waals surface area (Å²) in [6.07, 6.45) is 0. The molecule has 0 aliphatic carbocycles. The highest BCUT2D eigenvalue weighted by Gasteiger charge is 2.13. The smallest absolute Gasteiger partial charge is 0.195 e. The number of hydrogen-bond acceptors (Lipinski definition) is 2. The molecule has 1 heterocycles. The molecule has 0 amide bonds. The summed E-state index contributed by atoms with van der Waals surface area (Å²) in [4.78, 5) is 0. The topological polar surface area (TPSA) is 0 Å². The molecule has 0 aromatic heterocycles. The summed E-state index contributed by atoms with van der Waals surface area (Å²) in [5.41, 5.74) is 0. The molecule has 0 aromatic carbocycles. The molecule has 1 aliphatic rings. The van der Waals surface area contributed by atoms with E-state index < -0.39 is 0 Å². The Kier molecular flexibility index (Phi) is 1.78. The molecule has 0 spiro atoms. The second-order valence-corrected chi connectivity index (χ2v) is 4.50. The lowest BCUT2D eigenvalue weighted by atomic mass is 10.2. The number of rotatable bonds is 0. The average Bonchev–Trinajstić information content (AvgIpc) is 1.86. The van der Waals surface area contributed by atoms with Crippen LogP contribution >= 0.6 is 23.2 Å². The molecule has 0 radical (unpaired) electrons. The molecule has 1 rings (SSSR count). The third-order valence-corrected chi connectivity index (χ3v) is 3.68. The van der Waals surface area contributed by atoms with Gasteiger partial charge < -0.3 is 0 Å². The van der Waals surface area contributed by atoms with E-state index in [-0.39, 0.29) is 0 Å². The van der Waals surface area contributed by atoms with Crippen LogP contribution in [0, 0.1) is 0 Å². The summed E-state index contributed by atoms with van der Waals surface area (Å²) in [5.74, 6) is 2.73. The third-order valence-electron chi connectivity index (χ3n) is 0.788. The molecule has 1 fully saturated rings. The molecule has 3 heteroatoms. The maximum atomic E-state index is 2.27. The summed E-state index contributed by atoms with van der Waals surface area (Å²) in [7, 11) is 0. The molecule has 0 bridgehead atoms. The average molecular weight is 118 g/mol. The van der Waals surface area contributed by atoms with Crippen molar-refractivity contribution in [3.05, 3.63) is 0 Å². The Morgan fingerprint density at radius 2 is 1.83 bits per heavy atom. The second kappa shape index (κ2) is 2.17. The Labute approximate surface area is 47.3 Å². The highest BCUT2D eigenvalue weighted by atomic mass is 32.2. The Morgan fingerprint density at radius 1 is 1.33 bits per heavy atom. The van der Waals surface area contributed by atoms with Gasteiger partial charge in [0.2, 0.25) is 0 Å². The van der Waals surface area contributed by atoms with Crippen LogP contribution in [0.25, 0.3) is 0 Å². The quantitative estimate of drug-likeness (QED) is 0.443. The minimum atomic E-state index is 0.880. The largest absolute Gasteiger partial charge is 0.270 e. The van der Waals surface area contributed by atoms with Crippen molar-refractivity contribution in [2.24, 2.45) is 0 Å². The first-order valence-corrected chi connectivity index (χ1v) is 4.22. The maximum absolute atomic E-state index is 2.27. The monoisotopic (exact) mass is 118 g/mol. The molecule has 0 saturated carbocycles. The van der Waals surface area contributed by atoms with E-state index in [4.69, 9.17) is 0 Å². The van der Waals surface area contributed by atoms with Gasteiger partial charge in [-0.05, 0) is 11.5 Å². The molecular weight excluding hydrogens is 111 g/mol. The minimum Gasteiger partial charge on any atom is -0.195 e. The molecule has 0 N–H and O–H groups in total. The van der Waals surface area contributed by atoms with Gasteiger partial charge in [0.25, 0.3) is 5.27 Å². The molecule has 0 nitrogen and oxygen atoms in total. The molecule has 6 heavy (non-hydrogen) atoms. The highest BCUT2D eigenvalue weighted by molar-refractivity contribution is 8.56. The zero-order chi connectivity index (χ0) is 4.41. The molecule has 0 atom stereocenters. The Bertz CT molecular complexity index is 42.1. The summed E-state index contributed by atoms with van der Waals surface area (Å²) in [6.45, 7) is 2.27. The van der Waals surface area contributed by atoms with Crippen molar-refractivity contribution in [3.8, 4) is 0 Å². The van der Waals surface area contributed by atoms with Crippen LogP contribution in [-0.4, -0.2) is 16.8 Å². The molecule has 1 aliphatic heterocycles. The molecule has 0 aromatic rings. The van der Waals surface area contributed by atoms with E-state index in [0.29, 0.717) is 0 Å². The lowest BCUT2D eigenvalue weighted by Crippen LogP contribution is -1.83. The van der Waals surface area contributed by atoms with E-state index in [2.05, 4.69) is 30.0 Å². The first-order chi connectivity index (χ1) is 2.89. The van der Waals surface area contributed by atoms with Crippen LogP contribution in [0.15, 0.2) is 0 Å². The van der Waals surface area contributed by atoms with Gasteiger partial charge in [0, 0.05) is 0 Å². The van der Waals surface area contributed by atoms with E-state index in [1.807, 2.05) is 0 Å². The van der Waals surface area contributed by atoms with E-state index in [1.54, 1.807) is 0 Å². The summed E-state index contributed by atoms with van der Waals surface area (Å²) in [6, 6.07) is 0. The van der Waals surface area contributed by atoms with Crippen LogP contribution in [-0.2, 0) is 0 Å². The first-order valence-electron chi connectivity index (χ1n) is 2.13. The van der Waals surface area contributed by atoms with Crippen LogP contribution in [0.3, 0.4) is 0 Å². The van der Waals surface area contributed by atoms with Crippen molar-refractivity contribution in [1.82, 2.24) is 0 Å². The molecule has 34 valence electrons. The minimum absolute atomic E-state index is 0.880. The van der Waals surface area contributed by atoms with E-state index in [1.165, 1.54) is 11.5 Å². The summed E-state index contributed by atoms with van der Waals surface area (Å²) >= 11 is 4.12. The second-order valence-electron chi connectivity index (χ2n) is 1.31. The lowest BCUT2D eigenvalue weighted by molar-refractivity contribution is 1.59. The Morgan fingerprint density at radius 3 is 2.00 bits per heavy atom.